The molecule has 2 atom stereocenters. The second kappa shape index (κ2) is 5.78. The predicted octanol–water partition coefficient (Wildman–Crippen LogP) is 5.17. The van der Waals surface area contributed by atoms with E-state index in [1.807, 2.05) is 0 Å². The zero-order valence-electron chi connectivity index (χ0n) is 10.4. The van der Waals surface area contributed by atoms with Gasteiger partial charge in [0.2, 0.25) is 0 Å². The zero-order chi connectivity index (χ0) is 10.4. The van der Waals surface area contributed by atoms with Gasteiger partial charge in [0, 0.05) is 0 Å². The van der Waals surface area contributed by atoms with Crippen molar-refractivity contribution in [1.29, 1.82) is 0 Å². The number of unbranched alkanes of at least 4 members (excludes halogenated alkanes) is 5. The van der Waals surface area contributed by atoms with E-state index >= 15 is 0 Å². The first kappa shape index (κ1) is 12.1. The molecule has 1 aliphatic rings. The van der Waals surface area contributed by atoms with Crippen molar-refractivity contribution in [2.75, 3.05) is 0 Å². The molecule has 0 aliphatic heterocycles. The summed E-state index contributed by atoms with van der Waals surface area (Å²) >= 11 is 0. The minimum absolute atomic E-state index is 0.727. The van der Waals surface area contributed by atoms with Crippen molar-refractivity contribution in [1.82, 2.24) is 0 Å². The van der Waals surface area contributed by atoms with E-state index in [4.69, 9.17) is 0 Å². The monoisotopic (exact) mass is 196 g/mol. The smallest absolute Gasteiger partial charge is 0.0300 e. The van der Waals surface area contributed by atoms with Crippen LogP contribution in [0.5, 0.6) is 0 Å². The predicted molar refractivity (Wildman–Crippen MR) is 64.5 cm³/mol. The standard InChI is InChI=1S/C14H28/c1-4-5-6-7-8-9-11-14(3)12-10-13(14)2/h13H,4-12H2,1-3H3. The van der Waals surface area contributed by atoms with Gasteiger partial charge in [0.1, 0.15) is 0 Å². The summed E-state index contributed by atoms with van der Waals surface area (Å²) < 4.78 is 0. The average molecular weight is 196 g/mol. The van der Waals surface area contributed by atoms with Gasteiger partial charge in [-0.1, -0.05) is 59.3 Å². The summed E-state index contributed by atoms with van der Waals surface area (Å²) in [7, 11) is 0. The van der Waals surface area contributed by atoms with Gasteiger partial charge in [0.15, 0.2) is 0 Å². The van der Waals surface area contributed by atoms with Gasteiger partial charge in [-0.3, -0.25) is 0 Å². The fraction of sp³-hybridized carbons (Fsp3) is 1.00. The highest BCUT2D eigenvalue weighted by molar-refractivity contribution is 4.89. The highest BCUT2D eigenvalue weighted by Crippen LogP contribution is 2.49. The summed E-state index contributed by atoms with van der Waals surface area (Å²) in [6.07, 6.45) is 13.1. The number of rotatable bonds is 7. The SMILES string of the molecule is CCCCCCCCC1(C)CCC1C. The van der Waals surface area contributed by atoms with E-state index in [-0.39, 0.29) is 0 Å². The normalized spacial score (nSPS) is 31.5. The van der Waals surface area contributed by atoms with E-state index in [0.717, 1.165) is 11.3 Å². The van der Waals surface area contributed by atoms with E-state index in [9.17, 15) is 0 Å². The third-order valence-electron chi connectivity index (χ3n) is 4.44. The molecule has 14 heavy (non-hydrogen) atoms. The maximum atomic E-state index is 2.49. The van der Waals surface area contributed by atoms with E-state index in [1.165, 1.54) is 57.8 Å². The highest BCUT2D eigenvalue weighted by atomic mass is 14.4. The second-order valence-corrected chi connectivity index (χ2v) is 5.61. The summed E-state index contributed by atoms with van der Waals surface area (Å²) in [5.41, 5.74) is 0.727. The summed E-state index contributed by atoms with van der Waals surface area (Å²) in [4.78, 5) is 0. The lowest BCUT2D eigenvalue weighted by molar-refractivity contribution is 0.0522. The molecular weight excluding hydrogens is 168 g/mol. The minimum atomic E-state index is 0.727. The van der Waals surface area contributed by atoms with Crippen LogP contribution in [0.25, 0.3) is 0 Å². The van der Waals surface area contributed by atoms with Gasteiger partial charge in [-0.2, -0.15) is 0 Å². The van der Waals surface area contributed by atoms with Crippen molar-refractivity contribution in [2.24, 2.45) is 11.3 Å². The Labute approximate surface area is 90.5 Å². The summed E-state index contributed by atoms with van der Waals surface area (Å²) in [5.74, 6) is 0.998. The first-order valence-corrected chi connectivity index (χ1v) is 6.69. The Kier molecular flexibility index (Phi) is 4.98. The highest BCUT2D eigenvalue weighted by Gasteiger charge is 2.38. The fourth-order valence-corrected chi connectivity index (χ4v) is 2.61. The van der Waals surface area contributed by atoms with Crippen molar-refractivity contribution in [3.05, 3.63) is 0 Å². The molecule has 0 N–H and O–H groups in total. The van der Waals surface area contributed by atoms with Gasteiger partial charge in [0.25, 0.3) is 0 Å². The molecule has 1 fully saturated rings. The summed E-state index contributed by atoms with van der Waals surface area (Å²) in [5, 5.41) is 0. The third-order valence-corrected chi connectivity index (χ3v) is 4.44. The van der Waals surface area contributed by atoms with Crippen LogP contribution in [0, 0.1) is 11.3 Å². The van der Waals surface area contributed by atoms with Crippen LogP contribution in [0.15, 0.2) is 0 Å². The molecule has 1 saturated carbocycles. The lowest BCUT2D eigenvalue weighted by Crippen LogP contribution is -2.35. The van der Waals surface area contributed by atoms with Crippen LogP contribution in [0.4, 0.5) is 0 Å². The molecule has 0 spiro atoms. The van der Waals surface area contributed by atoms with Gasteiger partial charge in [-0.05, 0) is 30.6 Å². The summed E-state index contributed by atoms with van der Waals surface area (Å²) in [6, 6.07) is 0. The maximum Gasteiger partial charge on any atom is -0.0300 e. The van der Waals surface area contributed by atoms with Crippen LogP contribution in [0.1, 0.15) is 78.6 Å². The first-order chi connectivity index (χ1) is 6.69. The summed E-state index contributed by atoms with van der Waals surface area (Å²) in [6.45, 7) is 7.21. The Balaban J connectivity index is 1.93. The molecule has 0 saturated heterocycles. The molecule has 0 amide bonds. The lowest BCUT2D eigenvalue weighted by atomic mass is 9.60. The molecule has 84 valence electrons. The van der Waals surface area contributed by atoms with Crippen molar-refractivity contribution in [3.8, 4) is 0 Å². The third kappa shape index (κ3) is 3.29. The van der Waals surface area contributed by atoms with Gasteiger partial charge >= 0.3 is 0 Å². The topological polar surface area (TPSA) is 0 Å². The van der Waals surface area contributed by atoms with Crippen LogP contribution in [-0.2, 0) is 0 Å². The van der Waals surface area contributed by atoms with Crippen molar-refractivity contribution in [3.63, 3.8) is 0 Å². The van der Waals surface area contributed by atoms with Crippen molar-refractivity contribution in [2.45, 2.75) is 78.6 Å². The Morgan fingerprint density at radius 1 is 1.07 bits per heavy atom. The van der Waals surface area contributed by atoms with Crippen molar-refractivity contribution < 1.29 is 0 Å². The van der Waals surface area contributed by atoms with Gasteiger partial charge < -0.3 is 0 Å². The number of hydrogen-bond donors (Lipinski definition) is 0. The van der Waals surface area contributed by atoms with Gasteiger partial charge in [-0.15, -0.1) is 0 Å². The first-order valence-electron chi connectivity index (χ1n) is 6.69. The Hall–Kier alpha value is 0. The molecule has 0 heteroatoms. The van der Waals surface area contributed by atoms with Crippen molar-refractivity contribution >= 4 is 0 Å². The number of hydrogen-bond acceptors (Lipinski definition) is 0. The van der Waals surface area contributed by atoms with Crippen LogP contribution < -0.4 is 0 Å². The van der Waals surface area contributed by atoms with Gasteiger partial charge in [0.05, 0.1) is 0 Å². The Bertz CT molecular complexity index is 150. The molecule has 0 aromatic heterocycles. The van der Waals surface area contributed by atoms with Crippen LogP contribution in [0.3, 0.4) is 0 Å². The molecule has 1 aliphatic carbocycles. The van der Waals surface area contributed by atoms with Crippen LogP contribution in [0.2, 0.25) is 0 Å². The molecule has 0 aromatic rings. The molecule has 0 nitrogen and oxygen atoms in total. The van der Waals surface area contributed by atoms with E-state index in [2.05, 4.69) is 20.8 Å². The largest absolute Gasteiger partial charge is 0.0654 e. The Morgan fingerprint density at radius 2 is 1.71 bits per heavy atom. The Morgan fingerprint density at radius 3 is 2.21 bits per heavy atom. The molecule has 0 heterocycles. The molecule has 2 unspecified atom stereocenters. The van der Waals surface area contributed by atoms with Gasteiger partial charge in [-0.25, -0.2) is 0 Å². The quantitative estimate of drug-likeness (QED) is 0.493. The lowest BCUT2D eigenvalue weighted by Gasteiger charge is -2.46. The second-order valence-electron chi connectivity index (χ2n) is 5.61. The van der Waals surface area contributed by atoms with E-state index < -0.39 is 0 Å². The van der Waals surface area contributed by atoms with E-state index in [0.29, 0.717) is 0 Å². The average Bonchev–Trinajstić information content (AvgIpc) is 2.20. The van der Waals surface area contributed by atoms with Crippen LogP contribution in [-0.4, -0.2) is 0 Å². The zero-order valence-corrected chi connectivity index (χ0v) is 10.4. The van der Waals surface area contributed by atoms with E-state index in [1.54, 1.807) is 0 Å². The molecule has 0 aromatic carbocycles. The molecule has 0 radical (unpaired) electrons. The van der Waals surface area contributed by atoms with Crippen LogP contribution >= 0.6 is 0 Å². The maximum absolute atomic E-state index is 2.49. The fourth-order valence-electron chi connectivity index (χ4n) is 2.61. The molecular formula is C14H28. The molecule has 0 bridgehead atoms. The molecule has 1 rings (SSSR count). The minimum Gasteiger partial charge on any atom is -0.0654 e.